The molecule has 1 heterocycles. The first-order chi connectivity index (χ1) is 8.75. The molecule has 0 bridgehead atoms. The van der Waals surface area contributed by atoms with Gasteiger partial charge in [-0.25, -0.2) is 4.98 Å². The van der Waals surface area contributed by atoms with Crippen LogP contribution in [-0.4, -0.2) is 24.0 Å². The van der Waals surface area contributed by atoms with E-state index in [0.717, 1.165) is 25.3 Å². The molecule has 0 atom stereocenters. The van der Waals surface area contributed by atoms with Gasteiger partial charge in [-0.1, -0.05) is 24.3 Å². The largest absolute Gasteiger partial charge is 0.307 e. The number of hydrogen-bond donors (Lipinski definition) is 1. The monoisotopic (exact) mass is 261 g/mol. The van der Waals surface area contributed by atoms with Crippen molar-refractivity contribution in [3.05, 3.63) is 52.0 Å². The molecule has 4 heteroatoms. The number of rotatable bonds is 6. The second-order valence-electron chi connectivity index (χ2n) is 4.59. The van der Waals surface area contributed by atoms with E-state index in [1.54, 1.807) is 11.3 Å². The molecule has 0 spiro atoms. The average molecular weight is 261 g/mol. The molecule has 0 aliphatic carbocycles. The van der Waals surface area contributed by atoms with Crippen LogP contribution >= 0.6 is 11.3 Å². The van der Waals surface area contributed by atoms with Crippen LogP contribution in [0.5, 0.6) is 0 Å². The maximum absolute atomic E-state index is 4.27. The van der Waals surface area contributed by atoms with E-state index in [2.05, 4.69) is 58.9 Å². The lowest BCUT2D eigenvalue weighted by Gasteiger charge is -2.14. The third kappa shape index (κ3) is 3.91. The average Bonchev–Trinajstić information content (AvgIpc) is 2.84. The van der Waals surface area contributed by atoms with Gasteiger partial charge in [0.15, 0.2) is 0 Å². The highest BCUT2D eigenvalue weighted by atomic mass is 32.1. The van der Waals surface area contributed by atoms with Crippen molar-refractivity contribution in [3.8, 4) is 0 Å². The van der Waals surface area contributed by atoms with Crippen molar-refractivity contribution < 1.29 is 0 Å². The van der Waals surface area contributed by atoms with Gasteiger partial charge in [0.05, 0.1) is 11.2 Å². The molecule has 1 N–H and O–H groups in total. The van der Waals surface area contributed by atoms with E-state index in [-0.39, 0.29) is 0 Å². The summed E-state index contributed by atoms with van der Waals surface area (Å²) in [5.41, 5.74) is 5.73. The van der Waals surface area contributed by atoms with Crippen LogP contribution in [0.25, 0.3) is 0 Å². The fourth-order valence-corrected chi connectivity index (χ4v) is 2.43. The molecule has 0 aliphatic rings. The molecular weight excluding hydrogens is 242 g/mol. The van der Waals surface area contributed by atoms with Crippen molar-refractivity contribution >= 4 is 11.3 Å². The molecule has 0 amide bonds. The Kier molecular flexibility index (Phi) is 4.87. The predicted octanol–water partition coefficient (Wildman–Crippen LogP) is 2.49. The number of hydrogen-bond acceptors (Lipinski definition) is 4. The molecular formula is C14H19N3S. The number of nitrogens with zero attached hydrogens (tertiary/aromatic N) is 2. The Bertz CT molecular complexity index is 466. The summed E-state index contributed by atoms with van der Waals surface area (Å²) >= 11 is 1.64. The highest BCUT2D eigenvalue weighted by molar-refractivity contribution is 7.07. The first-order valence-electron chi connectivity index (χ1n) is 6.05. The van der Waals surface area contributed by atoms with Crippen LogP contribution in [0.2, 0.25) is 0 Å². The van der Waals surface area contributed by atoms with Crippen molar-refractivity contribution in [2.24, 2.45) is 0 Å². The van der Waals surface area contributed by atoms with Crippen LogP contribution in [-0.2, 0) is 19.6 Å². The fourth-order valence-electron chi connectivity index (χ4n) is 1.87. The molecule has 0 saturated carbocycles. The Morgan fingerprint density at radius 3 is 2.61 bits per heavy atom. The van der Waals surface area contributed by atoms with Gasteiger partial charge in [-0.15, -0.1) is 11.3 Å². The first kappa shape index (κ1) is 13.2. The Balaban J connectivity index is 1.92. The van der Waals surface area contributed by atoms with Crippen molar-refractivity contribution in [2.75, 3.05) is 14.1 Å². The molecule has 96 valence electrons. The zero-order chi connectivity index (χ0) is 12.8. The normalized spacial score (nSPS) is 11.1. The molecule has 0 radical (unpaired) electrons. The van der Waals surface area contributed by atoms with Gasteiger partial charge < -0.3 is 10.2 Å². The van der Waals surface area contributed by atoms with E-state index in [0.29, 0.717) is 0 Å². The molecule has 18 heavy (non-hydrogen) atoms. The van der Waals surface area contributed by atoms with Gasteiger partial charge in [-0.3, -0.25) is 0 Å². The Labute approximate surface area is 112 Å². The summed E-state index contributed by atoms with van der Waals surface area (Å²) in [4.78, 5) is 6.46. The predicted molar refractivity (Wildman–Crippen MR) is 76.5 cm³/mol. The summed E-state index contributed by atoms with van der Waals surface area (Å²) in [6.07, 6.45) is 0. The molecule has 1 aromatic carbocycles. The Morgan fingerprint density at radius 2 is 1.94 bits per heavy atom. The van der Waals surface area contributed by atoms with Crippen LogP contribution in [0.1, 0.15) is 16.8 Å². The van der Waals surface area contributed by atoms with Crippen LogP contribution in [0.4, 0.5) is 0 Å². The van der Waals surface area contributed by atoms with Gasteiger partial charge >= 0.3 is 0 Å². The first-order valence-corrected chi connectivity index (χ1v) is 6.99. The highest BCUT2D eigenvalue weighted by Gasteiger charge is 2.03. The number of benzene rings is 1. The summed E-state index contributed by atoms with van der Waals surface area (Å²) in [6, 6.07) is 8.58. The Morgan fingerprint density at radius 1 is 1.17 bits per heavy atom. The molecule has 3 nitrogen and oxygen atoms in total. The molecule has 2 rings (SSSR count). The number of thiazole rings is 1. The van der Waals surface area contributed by atoms with E-state index in [1.165, 1.54) is 11.1 Å². The summed E-state index contributed by atoms with van der Waals surface area (Å²) in [5, 5.41) is 5.53. The van der Waals surface area contributed by atoms with Gasteiger partial charge in [-0.2, -0.15) is 0 Å². The van der Waals surface area contributed by atoms with Gasteiger partial charge in [0.25, 0.3) is 0 Å². The van der Waals surface area contributed by atoms with E-state index in [4.69, 9.17) is 0 Å². The second kappa shape index (κ2) is 6.64. The summed E-state index contributed by atoms with van der Waals surface area (Å²) in [6.45, 7) is 2.70. The zero-order valence-corrected chi connectivity index (χ0v) is 11.7. The van der Waals surface area contributed by atoms with Gasteiger partial charge in [0.2, 0.25) is 0 Å². The number of aromatic nitrogens is 1. The van der Waals surface area contributed by atoms with Crippen LogP contribution in [0, 0.1) is 0 Å². The summed E-state index contributed by atoms with van der Waals surface area (Å²) in [7, 11) is 4.19. The van der Waals surface area contributed by atoms with E-state index in [1.807, 2.05) is 5.51 Å². The lowest BCUT2D eigenvalue weighted by molar-refractivity contribution is 0.400. The van der Waals surface area contributed by atoms with Crippen molar-refractivity contribution in [1.29, 1.82) is 0 Å². The summed E-state index contributed by atoms with van der Waals surface area (Å²) < 4.78 is 0. The zero-order valence-electron chi connectivity index (χ0n) is 10.9. The standard InChI is InChI=1S/C14H19N3S/c1-17(2)9-13-6-4-3-5-12(13)7-15-8-14-10-18-11-16-14/h3-6,10-11,15H,7-9H2,1-2H3. The Hall–Kier alpha value is -1.23. The molecule has 0 unspecified atom stereocenters. The lowest BCUT2D eigenvalue weighted by atomic mass is 10.1. The smallest absolute Gasteiger partial charge is 0.0795 e. The molecule has 2 aromatic rings. The van der Waals surface area contributed by atoms with Crippen LogP contribution < -0.4 is 5.32 Å². The molecule has 0 saturated heterocycles. The maximum Gasteiger partial charge on any atom is 0.0795 e. The van der Waals surface area contributed by atoms with Gasteiger partial charge in [-0.05, 0) is 25.2 Å². The van der Waals surface area contributed by atoms with E-state index in [9.17, 15) is 0 Å². The van der Waals surface area contributed by atoms with Gasteiger partial charge in [0, 0.05) is 25.0 Å². The topological polar surface area (TPSA) is 28.2 Å². The highest BCUT2D eigenvalue weighted by Crippen LogP contribution is 2.10. The van der Waals surface area contributed by atoms with Crippen molar-refractivity contribution in [2.45, 2.75) is 19.6 Å². The van der Waals surface area contributed by atoms with Crippen LogP contribution in [0.3, 0.4) is 0 Å². The number of nitrogens with one attached hydrogen (secondary N) is 1. The van der Waals surface area contributed by atoms with Crippen LogP contribution in [0.15, 0.2) is 35.2 Å². The maximum atomic E-state index is 4.27. The van der Waals surface area contributed by atoms with Crippen molar-refractivity contribution in [1.82, 2.24) is 15.2 Å². The minimum Gasteiger partial charge on any atom is -0.307 e. The van der Waals surface area contributed by atoms with Crippen molar-refractivity contribution in [3.63, 3.8) is 0 Å². The minimum absolute atomic E-state index is 0.833. The lowest BCUT2D eigenvalue weighted by Crippen LogP contribution is -2.17. The third-order valence-electron chi connectivity index (χ3n) is 2.71. The SMILES string of the molecule is CN(C)Cc1ccccc1CNCc1cscn1. The summed E-state index contributed by atoms with van der Waals surface area (Å²) in [5.74, 6) is 0. The van der Waals surface area contributed by atoms with Gasteiger partial charge in [0.1, 0.15) is 0 Å². The molecule has 0 fully saturated rings. The second-order valence-corrected chi connectivity index (χ2v) is 5.31. The molecule has 0 aliphatic heterocycles. The third-order valence-corrected chi connectivity index (χ3v) is 3.35. The minimum atomic E-state index is 0.833. The van der Waals surface area contributed by atoms with E-state index >= 15 is 0 Å². The fraction of sp³-hybridized carbons (Fsp3) is 0.357. The molecule has 1 aromatic heterocycles. The quantitative estimate of drug-likeness (QED) is 0.866. The van der Waals surface area contributed by atoms with E-state index < -0.39 is 0 Å².